The van der Waals surface area contributed by atoms with Gasteiger partial charge in [-0.15, -0.1) is 0 Å². The number of alkyl halides is 1. The van der Waals surface area contributed by atoms with Gasteiger partial charge in [-0.2, -0.15) is 4.98 Å². The summed E-state index contributed by atoms with van der Waals surface area (Å²) in [7, 11) is 0. The van der Waals surface area contributed by atoms with E-state index in [1.807, 2.05) is 0 Å². The quantitative estimate of drug-likeness (QED) is 0.368. The van der Waals surface area contributed by atoms with Crippen molar-refractivity contribution in [3.8, 4) is 0 Å². The van der Waals surface area contributed by atoms with Gasteiger partial charge in [0.15, 0.2) is 24.1 Å². The maximum atomic E-state index is 15.2. The number of quaternary nitrogens is 1. The van der Waals surface area contributed by atoms with Crippen LogP contribution in [-0.2, 0) is 14.3 Å². The molecule has 0 aliphatic carbocycles. The van der Waals surface area contributed by atoms with E-state index in [-0.39, 0.29) is 18.8 Å². The number of carbonyl (C=O) groups is 1. The molecule has 2 rings (SSSR count). The van der Waals surface area contributed by atoms with Gasteiger partial charge in [0.1, 0.15) is 12.4 Å². The fraction of sp³-hybridized carbons (Fsp3) is 0.722. The zero-order valence-corrected chi connectivity index (χ0v) is 16.2. The summed E-state index contributed by atoms with van der Waals surface area (Å²) in [6.07, 6.45) is 1.49. The van der Waals surface area contributed by atoms with Crippen molar-refractivity contribution in [1.82, 2.24) is 9.55 Å². The van der Waals surface area contributed by atoms with Crippen LogP contribution in [0.5, 0.6) is 0 Å². The van der Waals surface area contributed by atoms with Crippen molar-refractivity contribution in [2.75, 3.05) is 18.9 Å². The number of hydrogen-bond donors (Lipinski definition) is 3. The summed E-state index contributed by atoms with van der Waals surface area (Å²) < 4.78 is 27.1. The number of esters is 1. The van der Waals surface area contributed by atoms with Crippen molar-refractivity contribution in [2.24, 2.45) is 0 Å². The van der Waals surface area contributed by atoms with E-state index in [2.05, 4.69) is 17.6 Å². The number of halogens is 1. The maximum Gasteiger partial charge on any atom is 0.351 e. The fourth-order valence-electron chi connectivity index (χ4n) is 3.30. The van der Waals surface area contributed by atoms with Crippen molar-refractivity contribution < 1.29 is 29.5 Å². The number of nitrogens with zero attached hydrogens (tertiary/aromatic N) is 2. The molecule has 1 fully saturated rings. The van der Waals surface area contributed by atoms with E-state index in [4.69, 9.17) is 15.2 Å². The summed E-state index contributed by atoms with van der Waals surface area (Å²) >= 11 is 0. The first-order valence-electron chi connectivity index (χ1n) is 9.64. The van der Waals surface area contributed by atoms with Crippen LogP contribution in [0.2, 0.25) is 0 Å². The Morgan fingerprint density at radius 2 is 2.18 bits per heavy atom. The highest BCUT2D eigenvalue weighted by Crippen LogP contribution is 2.39. The van der Waals surface area contributed by atoms with Crippen molar-refractivity contribution in [3.63, 3.8) is 0 Å². The van der Waals surface area contributed by atoms with Crippen LogP contribution in [0.25, 0.3) is 0 Å². The lowest BCUT2D eigenvalue weighted by Gasteiger charge is -2.28. The molecule has 158 valence electrons. The number of hydrogen-bond acceptors (Lipinski definition) is 7. The van der Waals surface area contributed by atoms with Crippen LogP contribution in [0.15, 0.2) is 17.1 Å². The van der Waals surface area contributed by atoms with Crippen molar-refractivity contribution in [1.29, 1.82) is 0 Å². The highest BCUT2D eigenvalue weighted by atomic mass is 19.1. The van der Waals surface area contributed by atoms with E-state index in [1.165, 1.54) is 12.3 Å². The molecule has 1 aliphatic rings. The molecule has 0 bridgehead atoms. The van der Waals surface area contributed by atoms with Gasteiger partial charge in [0.05, 0.1) is 6.61 Å². The Kier molecular flexibility index (Phi) is 7.90. The number of anilines is 1. The van der Waals surface area contributed by atoms with E-state index in [1.54, 1.807) is 0 Å². The molecule has 1 aromatic rings. The summed E-state index contributed by atoms with van der Waals surface area (Å²) in [5, 5.41) is 9.82. The van der Waals surface area contributed by atoms with Gasteiger partial charge in [0.2, 0.25) is 0 Å². The molecule has 4 atom stereocenters. The fourth-order valence-corrected chi connectivity index (χ4v) is 3.30. The first kappa shape index (κ1) is 22.3. The molecule has 2 heterocycles. The Morgan fingerprint density at radius 1 is 1.46 bits per heavy atom. The highest BCUT2D eigenvalue weighted by molar-refractivity contribution is 5.69. The molecule has 0 spiro atoms. The molecular formula is C18H30FN4O5+. The third-order valence-corrected chi connectivity index (χ3v) is 4.99. The summed E-state index contributed by atoms with van der Waals surface area (Å²) in [4.78, 5) is 27.8. The Labute approximate surface area is 162 Å². The molecule has 1 aliphatic heterocycles. The smallest absolute Gasteiger partial charge is 0.351 e. The Hall–Kier alpha value is -2.04. The van der Waals surface area contributed by atoms with Gasteiger partial charge >= 0.3 is 11.7 Å². The van der Waals surface area contributed by atoms with Crippen LogP contribution in [0.1, 0.15) is 51.7 Å². The van der Waals surface area contributed by atoms with E-state index in [0.717, 1.165) is 30.3 Å². The lowest BCUT2D eigenvalue weighted by atomic mass is 9.96. The molecule has 1 aromatic heterocycles. The number of aliphatic hydroxyl groups is 1. The average molecular weight is 401 g/mol. The lowest BCUT2D eigenvalue weighted by Crippen LogP contribution is -2.67. The Bertz CT molecular complexity index is 709. The number of carbonyl (C=O) groups excluding carboxylic acids is 1. The average Bonchev–Trinajstić information content (AvgIpc) is 2.94. The van der Waals surface area contributed by atoms with Crippen LogP contribution in [0.4, 0.5) is 10.2 Å². The van der Waals surface area contributed by atoms with Crippen molar-refractivity contribution >= 4 is 11.8 Å². The zero-order chi connectivity index (χ0) is 20.7. The molecule has 10 heteroatoms. The van der Waals surface area contributed by atoms with E-state index in [9.17, 15) is 14.7 Å². The molecule has 28 heavy (non-hydrogen) atoms. The van der Waals surface area contributed by atoms with E-state index >= 15 is 4.39 Å². The summed E-state index contributed by atoms with van der Waals surface area (Å²) in [6, 6.07) is 1.33. The normalized spacial score (nSPS) is 27.1. The molecule has 0 unspecified atom stereocenters. The first-order valence-corrected chi connectivity index (χ1v) is 9.64. The minimum atomic E-state index is -1.87. The number of rotatable bonds is 10. The molecule has 0 radical (unpaired) electrons. The third-order valence-electron chi connectivity index (χ3n) is 4.99. The first-order chi connectivity index (χ1) is 13.4. The van der Waals surface area contributed by atoms with Gasteiger partial charge in [-0.1, -0.05) is 32.6 Å². The molecule has 0 aromatic carbocycles. The molecule has 9 nitrogen and oxygen atoms in total. The van der Waals surface area contributed by atoms with E-state index in [0.29, 0.717) is 6.42 Å². The van der Waals surface area contributed by atoms with Crippen molar-refractivity contribution in [3.05, 3.63) is 22.7 Å². The maximum absolute atomic E-state index is 15.2. The highest BCUT2D eigenvalue weighted by Gasteiger charge is 2.59. The molecular weight excluding hydrogens is 371 g/mol. The zero-order valence-electron chi connectivity index (χ0n) is 16.2. The predicted octanol–water partition coefficient (Wildman–Crippen LogP) is -0.0623. The standard InChI is InChI=1S/C18H29FN4O5/c1-2-3-4-5-6-7-13(25)27-15-14(19)16(28-18(15,10-20)11-24)23-9-8-12(21)22-17(23)26/h8-9,14-16,24H,2-7,10-11,20H2,1H3,(H2,21,22,26)/p+1/t14-,15+,16-,18-/m1/s1. The van der Waals surface area contributed by atoms with Crippen LogP contribution in [-0.4, -0.2) is 51.7 Å². The van der Waals surface area contributed by atoms with Gasteiger partial charge in [0, 0.05) is 12.6 Å². The molecule has 6 N–H and O–H groups in total. The molecule has 0 amide bonds. The second-order valence-electron chi connectivity index (χ2n) is 7.04. The molecule has 1 saturated heterocycles. The predicted molar refractivity (Wildman–Crippen MR) is 98.8 cm³/mol. The second-order valence-corrected chi connectivity index (χ2v) is 7.04. The monoisotopic (exact) mass is 401 g/mol. The van der Waals surface area contributed by atoms with Crippen LogP contribution < -0.4 is 17.2 Å². The van der Waals surface area contributed by atoms with Crippen LogP contribution >= 0.6 is 0 Å². The summed E-state index contributed by atoms with van der Waals surface area (Å²) in [5.74, 6) is -0.575. The number of aromatic nitrogens is 2. The number of ether oxygens (including phenoxy) is 2. The molecule has 0 saturated carbocycles. The van der Waals surface area contributed by atoms with Crippen molar-refractivity contribution in [2.45, 2.75) is 69.6 Å². The minimum Gasteiger partial charge on any atom is -0.456 e. The van der Waals surface area contributed by atoms with Gasteiger partial charge < -0.3 is 26.0 Å². The SMILES string of the molecule is CCCCCCCC(=O)O[C@H]1[C@@H](F)[C@H](n2ccc(N)nc2=O)O[C@]1(C[NH3+])CO. The largest absolute Gasteiger partial charge is 0.456 e. The van der Waals surface area contributed by atoms with Gasteiger partial charge in [-0.3, -0.25) is 9.36 Å². The van der Waals surface area contributed by atoms with Crippen LogP contribution in [0, 0.1) is 0 Å². The number of unbranched alkanes of at least 4 members (excludes halogenated alkanes) is 4. The van der Waals surface area contributed by atoms with Gasteiger partial charge in [-0.05, 0) is 12.5 Å². The van der Waals surface area contributed by atoms with Gasteiger partial charge in [0.25, 0.3) is 0 Å². The van der Waals surface area contributed by atoms with E-state index < -0.39 is 42.4 Å². The number of aliphatic hydroxyl groups excluding tert-OH is 1. The number of nitrogens with two attached hydrogens (primary N) is 1. The lowest BCUT2D eigenvalue weighted by molar-refractivity contribution is -0.410. The summed E-state index contributed by atoms with van der Waals surface area (Å²) in [6.45, 7) is 1.44. The number of nitrogen functional groups attached to an aromatic ring is 1. The Morgan fingerprint density at radius 3 is 2.79 bits per heavy atom. The minimum absolute atomic E-state index is 0.00807. The third kappa shape index (κ3) is 4.86. The van der Waals surface area contributed by atoms with Crippen LogP contribution in [0.3, 0.4) is 0 Å². The summed E-state index contributed by atoms with van der Waals surface area (Å²) in [5.41, 5.74) is 6.82. The topological polar surface area (TPSA) is 144 Å². The Balaban J connectivity index is 2.12. The van der Waals surface area contributed by atoms with Gasteiger partial charge in [-0.25, -0.2) is 9.18 Å². The second kappa shape index (κ2) is 9.94.